The third kappa shape index (κ3) is 32.0. The number of imide groups is 6. The maximum absolute atomic E-state index is 12.3. The van der Waals surface area contributed by atoms with Crippen molar-refractivity contribution in [3.05, 3.63) is 0 Å². The summed E-state index contributed by atoms with van der Waals surface area (Å²) in [5, 5.41) is 11.1. The zero-order valence-electron chi connectivity index (χ0n) is 73.1. The van der Waals surface area contributed by atoms with Gasteiger partial charge in [-0.2, -0.15) is 0 Å². The molecule has 6 heterocycles. The van der Waals surface area contributed by atoms with Gasteiger partial charge >= 0.3 is 52.8 Å². The molecule has 0 spiro atoms. The summed E-state index contributed by atoms with van der Waals surface area (Å²) in [6, 6.07) is 3.78. The molecule has 0 radical (unpaired) electrons. The van der Waals surface area contributed by atoms with Gasteiger partial charge in [-0.3, -0.25) is 87.4 Å². The highest BCUT2D eigenvalue weighted by Crippen LogP contribution is 2.35. The standard InChI is InChI=1S/C14H27NO5Si.C13H25NO5Si.C12H23NO6Si.C12H23NO5Si.C11H21NO5Si.C10H19NO5Si/c1-14(2,3)15-12(16)10-11(13(15)17)8-7-9-21(18-4,19-5)20-6;1-10(2)14-12(15)9-11(13(14)16)7-6-8-20(17-3,18-4)19-5;1-17-20(18-2,19-3)8-4-5-10-9-11(15)13(6-7-14)12(10)16;1-5-13-11(14)9-10(12(13)15)7-6-8-19(16-2,17-3)18-4;1-12-10(13)8-9(11(12)14)6-5-7-18(15-2,16-3)17-4;1-14-17(15-2,16-3)6-4-5-8-7-9(12)11-10(8)13/h11H,7-10H2,1-6H3;10-11H,6-9H2,1-5H3;10,14H,4-9H2,1-3H3;10H,5-9H2,1-4H3;9H,5-8H2,1-4H3;8H,4-7H2,1-3H3,(H,11,12,13). The first-order valence-corrected chi connectivity index (χ1v) is 50.4. The first-order valence-electron chi connectivity index (χ1n) is 38.8. The third-order valence-electron chi connectivity index (χ3n) is 21.4. The minimum atomic E-state index is -2.61. The molecule has 0 aromatic rings. The summed E-state index contributed by atoms with van der Waals surface area (Å²) < 4.78 is 95.7. The van der Waals surface area contributed by atoms with E-state index in [9.17, 15) is 57.5 Å². The van der Waals surface area contributed by atoms with Crippen LogP contribution in [-0.4, -0.2) is 320 Å². The maximum Gasteiger partial charge on any atom is 0.500 e. The minimum absolute atomic E-state index is 0.0491. The molecule has 2 N–H and O–H groups in total. The normalized spacial score (nSPS) is 20.5. The summed E-state index contributed by atoms with van der Waals surface area (Å²) in [4.78, 5) is 147. The van der Waals surface area contributed by atoms with Gasteiger partial charge in [-0.15, -0.1) is 0 Å². The van der Waals surface area contributed by atoms with Crippen LogP contribution in [0.1, 0.15) is 157 Å². The topological polar surface area (TPSA) is 419 Å². The quantitative estimate of drug-likeness (QED) is 0.0580. The Balaban J connectivity index is 0.000000691. The molecule has 12 amide bonds. The summed E-state index contributed by atoms with van der Waals surface area (Å²) in [7, 11) is 14.3. The van der Waals surface area contributed by atoms with E-state index in [0.29, 0.717) is 120 Å². The second-order valence-corrected chi connectivity index (χ2v) is 47.8. The molecule has 6 fully saturated rings. The van der Waals surface area contributed by atoms with Crippen molar-refractivity contribution in [2.75, 3.05) is 155 Å². The summed E-state index contributed by atoms with van der Waals surface area (Å²) in [6.07, 6.45) is 10.1. The lowest BCUT2D eigenvalue weighted by Gasteiger charge is -2.30. The molecule has 43 heteroatoms. The molecule has 0 aromatic heterocycles. The van der Waals surface area contributed by atoms with Crippen molar-refractivity contribution in [3.63, 3.8) is 0 Å². The van der Waals surface area contributed by atoms with Gasteiger partial charge in [-0.05, 0) is 119 Å². The smallest absolute Gasteiger partial charge is 0.395 e. The summed E-state index contributed by atoms with van der Waals surface area (Å²) >= 11 is 0. The number of aliphatic hydroxyl groups is 1. The molecule has 0 aliphatic carbocycles. The first kappa shape index (κ1) is 108. The van der Waals surface area contributed by atoms with Gasteiger partial charge in [-0.1, -0.05) is 0 Å². The van der Waals surface area contributed by atoms with E-state index >= 15 is 0 Å². The van der Waals surface area contributed by atoms with E-state index in [1.807, 2.05) is 41.5 Å². The second-order valence-electron chi connectivity index (χ2n) is 29.3. The largest absolute Gasteiger partial charge is 0.500 e. The Morgan fingerprint density at radius 1 is 0.357 bits per heavy atom. The van der Waals surface area contributed by atoms with Crippen molar-refractivity contribution in [3.8, 4) is 0 Å². The number of hydrogen-bond acceptors (Lipinski definition) is 31. The molecule has 37 nitrogen and oxygen atoms in total. The number of amides is 12. The van der Waals surface area contributed by atoms with Crippen LogP contribution < -0.4 is 5.32 Å². The van der Waals surface area contributed by atoms with Crippen molar-refractivity contribution in [1.29, 1.82) is 0 Å². The van der Waals surface area contributed by atoms with Crippen molar-refractivity contribution in [1.82, 2.24) is 29.8 Å². The fourth-order valence-corrected chi connectivity index (χ4v) is 24.9. The number of aliphatic hydroxyl groups excluding tert-OH is 1. The number of nitrogens with one attached hydrogen (secondary N) is 1. The third-order valence-corrected chi connectivity index (χ3v) is 38.4. The van der Waals surface area contributed by atoms with Crippen molar-refractivity contribution in [2.45, 2.75) is 205 Å². The number of carbonyl (C=O) groups is 12. The molecule has 6 saturated heterocycles. The molecule has 6 aliphatic heterocycles. The molecule has 6 aliphatic rings. The van der Waals surface area contributed by atoms with Crippen LogP contribution in [0.15, 0.2) is 0 Å². The number of β-amino-alcohol motifs (C(OH)–C–C–N with tert-alkyl or cyclic N) is 1. The second kappa shape index (κ2) is 53.2. The van der Waals surface area contributed by atoms with Crippen molar-refractivity contribution < 1.29 is 142 Å². The maximum atomic E-state index is 12.3. The Kier molecular flexibility index (Phi) is 50.2. The van der Waals surface area contributed by atoms with Crippen LogP contribution in [0.25, 0.3) is 0 Å². The molecule has 0 bridgehead atoms. The van der Waals surface area contributed by atoms with E-state index in [-0.39, 0.29) is 132 Å². The van der Waals surface area contributed by atoms with Gasteiger partial charge in [0.2, 0.25) is 70.9 Å². The van der Waals surface area contributed by atoms with Crippen LogP contribution in [0.2, 0.25) is 36.3 Å². The van der Waals surface area contributed by atoms with E-state index in [1.165, 1.54) is 26.6 Å². The number of likely N-dealkylation sites (tertiary alicyclic amines) is 5. The summed E-state index contributed by atoms with van der Waals surface area (Å²) in [5.74, 6) is -2.63. The summed E-state index contributed by atoms with van der Waals surface area (Å²) in [5.41, 5.74) is -0.451. The van der Waals surface area contributed by atoms with Crippen LogP contribution in [-0.2, 0) is 137 Å². The molecule has 115 heavy (non-hydrogen) atoms. The number of hydrogen-bond donors (Lipinski definition) is 2. The zero-order chi connectivity index (χ0) is 87.9. The predicted molar refractivity (Wildman–Crippen MR) is 429 cm³/mol. The summed E-state index contributed by atoms with van der Waals surface area (Å²) in [6.45, 7) is 11.5. The average molecular weight is 1750 g/mol. The van der Waals surface area contributed by atoms with Crippen molar-refractivity contribution >= 4 is 124 Å². The van der Waals surface area contributed by atoms with Gasteiger partial charge in [0.25, 0.3) is 0 Å². The van der Waals surface area contributed by atoms with Gasteiger partial charge in [0.1, 0.15) is 0 Å². The fraction of sp³-hybridized carbons (Fsp3) is 0.833. The lowest BCUT2D eigenvalue weighted by molar-refractivity contribution is -0.145. The average Bonchev–Trinajstić information content (AvgIpc) is 1.66. The number of carbonyl (C=O) groups excluding carboxylic acids is 12. The molecule has 6 rings (SSSR count). The number of rotatable bonds is 46. The van der Waals surface area contributed by atoms with Gasteiger partial charge in [0.15, 0.2) is 0 Å². The lowest BCUT2D eigenvalue weighted by Crippen LogP contribution is -2.45. The van der Waals surface area contributed by atoms with E-state index in [0.717, 1.165) is 37.0 Å². The Hall–Kier alpha value is -4.62. The molecular formula is C72H138N6O31Si6. The fourth-order valence-electron chi connectivity index (χ4n) is 14.4. The minimum Gasteiger partial charge on any atom is -0.395 e. The van der Waals surface area contributed by atoms with Gasteiger partial charge in [0.05, 0.1) is 13.2 Å². The Morgan fingerprint density at radius 3 is 0.852 bits per heavy atom. The SMILES string of the molecule is CCN1C(=O)CC(CCC[Si](OC)(OC)OC)C1=O.CO[Si](CCCC1CC(=O)N(C(C)(C)C)C1=O)(OC)OC.CO[Si](CCCC1CC(=O)N(C(C)C)C1=O)(OC)OC.CO[Si](CCCC1CC(=O)N(C)C1=O)(OC)OC.CO[Si](CCCC1CC(=O)N(CCO)C1=O)(OC)OC.CO[Si](CCCC1CC(=O)NC1=O)(OC)OC. The van der Waals surface area contributed by atoms with E-state index in [2.05, 4.69) is 5.32 Å². The van der Waals surface area contributed by atoms with E-state index in [1.54, 1.807) is 128 Å². The van der Waals surface area contributed by atoms with Crippen molar-refractivity contribution in [2.24, 2.45) is 35.5 Å². The highest BCUT2D eigenvalue weighted by Gasteiger charge is 2.48. The van der Waals surface area contributed by atoms with Crippen LogP contribution >= 0.6 is 0 Å². The van der Waals surface area contributed by atoms with Crippen LogP contribution in [0, 0.1) is 35.5 Å². The number of nitrogens with zero attached hydrogens (tertiary/aromatic N) is 5. The molecule has 0 saturated carbocycles. The van der Waals surface area contributed by atoms with E-state index < -0.39 is 58.4 Å². The predicted octanol–water partition coefficient (Wildman–Crippen LogP) is 5.26. The first-order chi connectivity index (χ1) is 54.2. The molecular weight excluding hydrogens is 1610 g/mol. The van der Waals surface area contributed by atoms with Gasteiger partial charge < -0.3 is 84.8 Å². The Bertz CT molecular complexity index is 3000. The Labute approximate surface area is 687 Å². The Morgan fingerprint density at radius 2 is 0.617 bits per heavy atom. The molecule has 6 unspecified atom stereocenters. The highest BCUT2D eigenvalue weighted by molar-refractivity contribution is 6.62. The monoisotopic (exact) mass is 1750 g/mol. The molecule has 6 atom stereocenters. The van der Waals surface area contributed by atoms with Gasteiger partial charge in [-0.25, -0.2) is 0 Å². The molecule has 666 valence electrons. The van der Waals surface area contributed by atoms with Crippen LogP contribution in [0.5, 0.6) is 0 Å². The van der Waals surface area contributed by atoms with Gasteiger partial charge in [0, 0.05) is 263 Å². The molecule has 0 aromatic carbocycles. The highest BCUT2D eigenvalue weighted by atomic mass is 28.4. The van der Waals surface area contributed by atoms with Crippen LogP contribution in [0.4, 0.5) is 0 Å². The van der Waals surface area contributed by atoms with Crippen LogP contribution in [0.3, 0.4) is 0 Å². The van der Waals surface area contributed by atoms with E-state index in [4.69, 9.17) is 84.8 Å². The lowest BCUT2D eigenvalue weighted by atomic mass is 10.0. The zero-order valence-corrected chi connectivity index (χ0v) is 79.1.